The third kappa shape index (κ3) is 2.37. The second kappa shape index (κ2) is 4.59. The van der Waals surface area contributed by atoms with Gasteiger partial charge in [-0.25, -0.2) is 0 Å². The lowest BCUT2D eigenvalue weighted by atomic mass is 10.2. The highest BCUT2D eigenvalue weighted by Gasteiger charge is 2.09. The Kier molecular flexibility index (Phi) is 3.17. The van der Waals surface area contributed by atoms with Gasteiger partial charge in [0, 0.05) is 12.5 Å². The quantitative estimate of drug-likeness (QED) is 0.895. The Morgan fingerprint density at radius 2 is 2.12 bits per heavy atom. The van der Waals surface area contributed by atoms with E-state index in [1.165, 1.54) is 18.3 Å². The number of nitrogens with one attached hydrogen (secondary N) is 1. The van der Waals surface area contributed by atoms with Gasteiger partial charge in [-0.3, -0.25) is 4.79 Å². The van der Waals surface area contributed by atoms with Crippen molar-refractivity contribution >= 4 is 34.0 Å². The molecule has 0 radical (unpaired) electrons. The number of halogens is 1. The largest absolute Gasteiger partial charge is 0.301 e. The van der Waals surface area contributed by atoms with Gasteiger partial charge in [-0.05, 0) is 6.07 Å². The second-order valence-corrected chi connectivity index (χ2v) is 4.46. The summed E-state index contributed by atoms with van der Waals surface area (Å²) in [6.45, 7) is 1.43. The first-order valence-corrected chi connectivity index (χ1v) is 5.72. The molecule has 0 bridgehead atoms. The van der Waals surface area contributed by atoms with Gasteiger partial charge in [0.1, 0.15) is 0 Å². The third-order valence-electron chi connectivity index (χ3n) is 1.81. The molecule has 0 unspecified atom stereocenters. The molecule has 1 aromatic heterocycles. The van der Waals surface area contributed by atoms with Crippen molar-refractivity contribution in [2.45, 2.75) is 6.92 Å². The number of hydrogen-bond acceptors (Lipinski definition) is 4. The van der Waals surface area contributed by atoms with Crippen molar-refractivity contribution in [2.24, 2.45) is 0 Å². The summed E-state index contributed by atoms with van der Waals surface area (Å²) in [5.74, 6) is -0.165. The van der Waals surface area contributed by atoms with Gasteiger partial charge in [0.05, 0.1) is 5.02 Å². The van der Waals surface area contributed by atoms with Crippen LogP contribution in [-0.4, -0.2) is 16.1 Å². The molecule has 1 aromatic carbocycles. The Labute approximate surface area is 101 Å². The van der Waals surface area contributed by atoms with Gasteiger partial charge in [0.2, 0.25) is 11.0 Å². The normalized spacial score (nSPS) is 10.1. The lowest BCUT2D eigenvalue weighted by molar-refractivity contribution is -0.114. The van der Waals surface area contributed by atoms with Crippen LogP contribution in [0.3, 0.4) is 0 Å². The molecule has 0 aliphatic rings. The van der Waals surface area contributed by atoms with E-state index in [0.29, 0.717) is 15.2 Å². The van der Waals surface area contributed by atoms with E-state index in [1.807, 2.05) is 18.2 Å². The van der Waals surface area contributed by atoms with Crippen molar-refractivity contribution in [3.8, 4) is 10.6 Å². The highest BCUT2D eigenvalue weighted by atomic mass is 35.5. The standard InChI is InChI=1S/C10H8ClN3OS/c1-6(15)12-10-14-13-9(16-10)7-4-2-3-5-8(7)11/h2-5H,1H3,(H,12,14,15). The molecule has 6 heteroatoms. The molecule has 0 saturated heterocycles. The summed E-state index contributed by atoms with van der Waals surface area (Å²) in [5, 5.41) is 12.2. The fourth-order valence-corrected chi connectivity index (χ4v) is 2.28. The monoisotopic (exact) mass is 253 g/mol. The van der Waals surface area contributed by atoms with Gasteiger partial charge in [-0.2, -0.15) is 0 Å². The molecule has 0 fully saturated rings. The zero-order chi connectivity index (χ0) is 11.5. The summed E-state index contributed by atoms with van der Waals surface area (Å²) < 4.78 is 0. The van der Waals surface area contributed by atoms with Gasteiger partial charge in [-0.1, -0.05) is 41.1 Å². The molecule has 2 aromatic rings. The maximum Gasteiger partial charge on any atom is 0.223 e. The van der Waals surface area contributed by atoms with Crippen molar-refractivity contribution < 1.29 is 4.79 Å². The molecule has 1 N–H and O–H groups in total. The lowest BCUT2D eigenvalue weighted by Crippen LogP contribution is -2.04. The van der Waals surface area contributed by atoms with Crippen LogP contribution in [0.25, 0.3) is 10.6 Å². The number of benzene rings is 1. The summed E-state index contributed by atoms with van der Waals surface area (Å²) in [5.41, 5.74) is 0.818. The number of carbonyl (C=O) groups excluding carboxylic acids is 1. The first kappa shape index (κ1) is 11.0. The van der Waals surface area contributed by atoms with E-state index >= 15 is 0 Å². The Morgan fingerprint density at radius 1 is 1.38 bits per heavy atom. The van der Waals surface area contributed by atoms with Gasteiger partial charge in [0.25, 0.3) is 0 Å². The Bertz CT molecular complexity index is 526. The average molecular weight is 254 g/mol. The average Bonchev–Trinajstić information content (AvgIpc) is 2.66. The molecular formula is C10H8ClN3OS. The Hall–Kier alpha value is -1.46. The van der Waals surface area contributed by atoms with Gasteiger partial charge >= 0.3 is 0 Å². The van der Waals surface area contributed by atoms with Crippen molar-refractivity contribution in [1.82, 2.24) is 10.2 Å². The first-order valence-electron chi connectivity index (χ1n) is 4.53. The number of aromatic nitrogens is 2. The minimum absolute atomic E-state index is 0.165. The minimum Gasteiger partial charge on any atom is -0.301 e. The van der Waals surface area contributed by atoms with Crippen LogP contribution in [-0.2, 0) is 4.79 Å². The van der Waals surface area contributed by atoms with E-state index in [0.717, 1.165) is 5.56 Å². The Morgan fingerprint density at radius 3 is 2.81 bits per heavy atom. The maximum absolute atomic E-state index is 10.8. The summed E-state index contributed by atoms with van der Waals surface area (Å²) in [6.07, 6.45) is 0. The van der Waals surface area contributed by atoms with Crippen molar-refractivity contribution in [1.29, 1.82) is 0 Å². The summed E-state index contributed by atoms with van der Waals surface area (Å²) >= 11 is 7.32. The summed E-state index contributed by atoms with van der Waals surface area (Å²) in [6, 6.07) is 7.37. The van der Waals surface area contributed by atoms with Gasteiger partial charge < -0.3 is 5.32 Å². The second-order valence-electron chi connectivity index (χ2n) is 3.07. The molecule has 0 aliphatic carbocycles. The zero-order valence-electron chi connectivity index (χ0n) is 8.40. The number of nitrogens with zero attached hydrogens (tertiary/aromatic N) is 2. The number of carbonyl (C=O) groups is 1. The maximum atomic E-state index is 10.8. The lowest BCUT2D eigenvalue weighted by Gasteiger charge is -1.97. The molecule has 2 rings (SSSR count). The molecule has 0 spiro atoms. The van der Waals surface area contributed by atoms with E-state index in [2.05, 4.69) is 15.5 Å². The SMILES string of the molecule is CC(=O)Nc1nnc(-c2ccccc2Cl)s1. The molecule has 1 heterocycles. The first-order chi connectivity index (χ1) is 7.66. The van der Waals surface area contributed by atoms with Crippen LogP contribution in [0.4, 0.5) is 5.13 Å². The van der Waals surface area contributed by atoms with E-state index in [4.69, 9.17) is 11.6 Å². The molecule has 0 saturated carbocycles. The van der Waals surface area contributed by atoms with Crippen LogP contribution in [0.15, 0.2) is 24.3 Å². The van der Waals surface area contributed by atoms with Crippen LogP contribution in [0.2, 0.25) is 5.02 Å². The fraction of sp³-hybridized carbons (Fsp3) is 0.100. The highest BCUT2D eigenvalue weighted by Crippen LogP contribution is 2.31. The van der Waals surface area contributed by atoms with Crippen LogP contribution >= 0.6 is 22.9 Å². The van der Waals surface area contributed by atoms with Gasteiger partial charge in [0.15, 0.2) is 5.01 Å². The molecule has 0 atom stereocenters. The number of amides is 1. The highest BCUT2D eigenvalue weighted by molar-refractivity contribution is 7.18. The molecule has 82 valence electrons. The fourth-order valence-electron chi connectivity index (χ4n) is 1.17. The zero-order valence-corrected chi connectivity index (χ0v) is 9.97. The van der Waals surface area contributed by atoms with Crippen LogP contribution in [0.5, 0.6) is 0 Å². The Balaban J connectivity index is 2.32. The van der Waals surface area contributed by atoms with Crippen molar-refractivity contribution in [2.75, 3.05) is 5.32 Å². The molecule has 16 heavy (non-hydrogen) atoms. The molecule has 4 nitrogen and oxygen atoms in total. The van der Waals surface area contributed by atoms with Crippen LogP contribution in [0.1, 0.15) is 6.92 Å². The van der Waals surface area contributed by atoms with Gasteiger partial charge in [-0.15, -0.1) is 10.2 Å². The van der Waals surface area contributed by atoms with E-state index < -0.39 is 0 Å². The van der Waals surface area contributed by atoms with Crippen molar-refractivity contribution in [3.05, 3.63) is 29.3 Å². The van der Waals surface area contributed by atoms with E-state index in [9.17, 15) is 4.79 Å². The van der Waals surface area contributed by atoms with E-state index in [1.54, 1.807) is 6.07 Å². The third-order valence-corrected chi connectivity index (χ3v) is 3.01. The van der Waals surface area contributed by atoms with Crippen LogP contribution in [0, 0.1) is 0 Å². The number of hydrogen-bond donors (Lipinski definition) is 1. The number of anilines is 1. The smallest absolute Gasteiger partial charge is 0.223 e. The summed E-state index contributed by atoms with van der Waals surface area (Å²) in [7, 11) is 0. The molecular weight excluding hydrogens is 246 g/mol. The van der Waals surface area contributed by atoms with E-state index in [-0.39, 0.29) is 5.91 Å². The predicted molar refractivity (Wildman–Crippen MR) is 64.7 cm³/mol. The summed E-state index contributed by atoms with van der Waals surface area (Å²) in [4.78, 5) is 10.8. The number of rotatable bonds is 2. The predicted octanol–water partition coefficient (Wildman–Crippen LogP) is 2.82. The molecule has 1 amide bonds. The van der Waals surface area contributed by atoms with Crippen LogP contribution < -0.4 is 5.32 Å². The minimum atomic E-state index is -0.165. The topological polar surface area (TPSA) is 54.9 Å². The molecule has 0 aliphatic heterocycles. The van der Waals surface area contributed by atoms with Crippen molar-refractivity contribution in [3.63, 3.8) is 0 Å².